The molecule has 2 aliphatic carbocycles. The van der Waals surface area contributed by atoms with Crippen molar-refractivity contribution in [3.63, 3.8) is 0 Å². The monoisotopic (exact) mass is 287 g/mol. The number of rotatable bonds is 5. The van der Waals surface area contributed by atoms with Gasteiger partial charge in [0.15, 0.2) is 0 Å². The summed E-state index contributed by atoms with van der Waals surface area (Å²) in [6.45, 7) is 0.852. The van der Waals surface area contributed by atoms with E-state index >= 15 is 0 Å². The number of nitrogens with one attached hydrogen (secondary N) is 1. The van der Waals surface area contributed by atoms with Crippen LogP contribution in [0.4, 0.5) is 4.79 Å². The molecule has 1 fully saturated rings. The fraction of sp³-hybridized carbons (Fsp3) is 0.471. The van der Waals surface area contributed by atoms with Gasteiger partial charge >= 0.3 is 6.09 Å². The third-order valence-corrected chi connectivity index (χ3v) is 4.74. The van der Waals surface area contributed by atoms with Crippen molar-refractivity contribution in [2.45, 2.75) is 19.4 Å². The second kappa shape index (κ2) is 5.90. The first-order valence-corrected chi connectivity index (χ1v) is 7.46. The molecule has 2 aliphatic rings. The summed E-state index contributed by atoms with van der Waals surface area (Å²) in [7, 11) is 0. The molecule has 0 radical (unpaired) electrons. The highest BCUT2D eigenvalue weighted by molar-refractivity contribution is 5.67. The van der Waals surface area contributed by atoms with Crippen molar-refractivity contribution in [2.75, 3.05) is 13.2 Å². The number of aliphatic hydroxyl groups is 1. The van der Waals surface area contributed by atoms with Crippen molar-refractivity contribution in [3.8, 4) is 0 Å². The zero-order chi connectivity index (χ0) is 14.7. The summed E-state index contributed by atoms with van der Waals surface area (Å²) in [6, 6.07) is 9.60. The number of ether oxygens (including phenoxy) is 1. The fourth-order valence-electron chi connectivity index (χ4n) is 3.52. The number of alkyl carbamates (subject to hydrolysis) is 1. The lowest BCUT2D eigenvalue weighted by Crippen LogP contribution is -2.42. The maximum absolute atomic E-state index is 11.8. The van der Waals surface area contributed by atoms with Gasteiger partial charge in [0.25, 0.3) is 0 Å². The molecule has 0 aromatic heterocycles. The highest BCUT2D eigenvalue weighted by Gasteiger charge is 2.48. The van der Waals surface area contributed by atoms with E-state index in [0.717, 1.165) is 18.4 Å². The van der Waals surface area contributed by atoms with Crippen LogP contribution in [0.5, 0.6) is 0 Å². The highest BCUT2D eigenvalue weighted by Crippen LogP contribution is 2.51. The maximum atomic E-state index is 11.8. The Morgan fingerprint density at radius 3 is 2.76 bits per heavy atom. The van der Waals surface area contributed by atoms with Gasteiger partial charge in [-0.05, 0) is 30.2 Å². The van der Waals surface area contributed by atoms with Gasteiger partial charge in [-0.15, -0.1) is 0 Å². The molecule has 4 nitrogen and oxygen atoms in total. The van der Waals surface area contributed by atoms with E-state index in [1.54, 1.807) is 0 Å². The largest absolute Gasteiger partial charge is 0.445 e. The van der Waals surface area contributed by atoms with Gasteiger partial charge in [0.2, 0.25) is 0 Å². The van der Waals surface area contributed by atoms with Gasteiger partial charge < -0.3 is 15.2 Å². The van der Waals surface area contributed by atoms with E-state index in [1.807, 2.05) is 30.3 Å². The molecule has 0 saturated heterocycles. The van der Waals surface area contributed by atoms with E-state index in [-0.39, 0.29) is 18.6 Å². The number of benzene rings is 1. The highest BCUT2D eigenvalue weighted by atomic mass is 16.5. The first-order valence-electron chi connectivity index (χ1n) is 7.46. The molecule has 0 spiro atoms. The van der Waals surface area contributed by atoms with Gasteiger partial charge in [0, 0.05) is 12.0 Å². The Morgan fingerprint density at radius 1 is 1.33 bits per heavy atom. The van der Waals surface area contributed by atoms with E-state index in [2.05, 4.69) is 17.5 Å². The summed E-state index contributed by atoms with van der Waals surface area (Å²) in [4.78, 5) is 11.8. The van der Waals surface area contributed by atoms with Crippen molar-refractivity contribution in [2.24, 2.45) is 17.3 Å². The zero-order valence-electron chi connectivity index (χ0n) is 12.0. The molecule has 3 rings (SSSR count). The normalized spacial score (nSPS) is 29.6. The van der Waals surface area contributed by atoms with Gasteiger partial charge in [-0.2, -0.15) is 0 Å². The molecular weight excluding hydrogens is 266 g/mol. The first kappa shape index (κ1) is 14.1. The Morgan fingerprint density at radius 2 is 2.14 bits per heavy atom. The second-order valence-corrected chi connectivity index (χ2v) is 6.13. The molecule has 1 aromatic rings. The Hall–Kier alpha value is -1.81. The van der Waals surface area contributed by atoms with Crippen molar-refractivity contribution in [3.05, 3.63) is 48.0 Å². The number of allylic oxidation sites excluding steroid dienone is 2. The third kappa shape index (κ3) is 2.95. The number of fused-ring (bicyclic) bond motifs is 2. The van der Waals surface area contributed by atoms with Gasteiger partial charge in [0.05, 0.1) is 6.61 Å². The molecule has 2 bridgehead atoms. The van der Waals surface area contributed by atoms with Gasteiger partial charge in [-0.3, -0.25) is 0 Å². The molecule has 0 heterocycles. The van der Waals surface area contributed by atoms with Crippen LogP contribution in [-0.4, -0.2) is 24.4 Å². The van der Waals surface area contributed by atoms with Crippen LogP contribution in [0.25, 0.3) is 0 Å². The molecule has 1 saturated carbocycles. The predicted octanol–water partition coefficient (Wildman–Crippen LogP) is 2.49. The van der Waals surface area contributed by atoms with Crippen molar-refractivity contribution in [1.82, 2.24) is 5.32 Å². The van der Waals surface area contributed by atoms with E-state index in [9.17, 15) is 9.90 Å². The van der Waals surface area contributed by atoms with Crippen LogP contribution in [0.2, 0.25) is 0 Å². The summed E-state index contributed by atoms with van der Waals surface area (Å²) in [5.74, 6) is 0.936. The standard InChI is InChI=1S/C17H21NO3/c19-12-17(9-14-6-7-15(17)8-14)11-18-16(20)21-10-13-4-2-1-3-5-13/h1-7,14-15,19H,8-12H2,(H,18,20). The minimum Gasteiger partial charge on any atom is -0.445 e. The number of aliphatic hydroxyl groups excluding tert-OH is 1. The molecule has 4 heteroatoms. The van der Waals surface area contributed by atoms with Gasteiger partial charge in [-0.25, -0.2) is 4.79 Å². The second-order valence-electron chi connectivity index (χ2n) is 6.13. The van der Waals surface area contributed by atoms with Crippen molar-refractivity contribution >= 4 is 6.09 Å². The van der Waals surface area contributed by atoms with E-state index in [1.165, 1.54) is 0 Å². The smallest absolute Gasteiger partial charge is 0.407 e. The third-order valence-electron chi connectivity index (χ3n) is 4.74. The van der Waals surface area contributed by atoms with Crippen LogP contribution in [0, 0.1) is 17.3 Å². The lowest BCUT2D eigenvalue weighted by Gasteiger charge is -2.33. The summed E-state index contributed by atoms with van der Waals surface area (Å²) in [5, 5.41) is 12.5. The maximum Gasteiger partial charge on any atom is 0.407 e. The van der Waals surface area contributed by atoms with E-state index in [4.69, 9.17) is 4.74 Å². The Kier molecular flexibility index (Phi) is 3.97. The first-order chi connectivity index (χ1) is 10.2. The number of hydrogen-bond acceptors (Lipinski definition) is 3. The minimum atomic E-state index is -0.418. The van der Waals surface area contributed by atoms with Crippen LogP contribution in [0.15, 0.2) is 42.5 Å². The fourth-order valence-corrected chi connectivity index (χ4v) is 3.52. The quantitative estimate of drug-likeness (QED) is 0.818. The van der Waals surface area contributed by atoms with E-state index in [0.29, 0.717) is 18.4 Å². The van der Waals surface area contributed by atoms with Crippen molar-refractivity contribution in [1.29, 1.82) is 0 Å². The summed E-state index contributed by atoms with van der Waals surface area (Å²) < 4.78 is 5.21. The average Bonchev–Trinajstić information content (AvgIpc) is 3.13. The molecule has 0 aliphatic heterocycles. The molecule has 1 amide bonds. The number of amides is 1. The molecule has 3 atom stereocenters. The van der Waals surface area contributed by atoms with Crippen LogP contribution in [-0.2, 0) is 11.3 Å². The summed E-state index contributed by atoms with van der Waals surface area (Å²) in [5.41, 5.74) is 0.762. The Bertz CT molecular complexity index is 528. The molecular formula is C17H21NO3. The lowest BCUT2D eigenvalue weighted by atomic mass is 9.76. The lowest BCUT2D eigenvalue weighted by molar-refractivity contribution is 0.0873. The van der Waals surface area contributed by atoms with Gasteiger partial charge in [-0.1, -0.05) is 42.5 Å². The Labute approximate surface area is 124 Å². The number of hydrogen-bond donors (Lipinski definition) is 2. The molecule has 112 valence electrons. The molecule has 21 heavy (non-hydrogen) atoms. The zero-order valence-corrected chi connectivity index (χ0v) is 12.0. The van der Waals surface area contributed by atoms with Crippen molar-refractivity contribution < 1.29 is 14.6 Å². The minimum absolute atomic E-state index is 0.109. The van der Waals surface area contributed by atoms with Crippen LogP contribution < -0.4 is 5.32 Å². The Balaban J connectivity index is 1.48. The average molecular weight is 287 g/mol. The van der Waals surface area contributed by atoms with Crippen LogP contribution >= 0.6 is 0 Å². The number of carbonyl (C=O) groups is 1. The number of carbonyl (C=O) groups excluding carboxylic acids is 1. The predicted molar refractivity (Wildman–Crippen MR) is 79.5 cm³/mol. The van der Waals surface area contributed by atoms with Crippen LogP contribution in [0.1, 0.15) is 18.4 Å². The summed E-state index contributed by atoms with van der Waals surface area (Å²) in [6.07, 6.45) is 6.04. The molecule has 3 unspecified atom stereocenters. The SMILES string of the molecule is O=C(NCC1(CO)CC2C=CC1C2)OCc1ccccc1. The topological polar surface area (TPSA) is 58.6 Å². The summed E-state index contributed by atoms with van der Waals surface area (Å²) >= 11 is 0. The molecule has 1 aromatic carbocycles. The van der Waals surface area contributed by atoms with E-state index < -0.39 is 6.09 Å². The molecule has 2 N–H and O–H groups in total. The van der Waals surface area contributed by atoms with Gasteiger partial charge in [0.1, 0.15) is 6.61 Å². The van der Waals surface area contributed by atoms with Crippen LogP contribution in [0.3, 0.4) is 0 Å².